The summed E-state index contributed by atoms with van der Waals surface area (Å²) in [4.78, 5) is 15.1. The van der Waals surface area contributed by atoms with Crippen LogP contribution >= 0.6 is 0 Å². The predicted octanol–water partition coefficient (Wildman–Crippen LogP) is 1.46. The Labute approximate surface area is 113 Å². The second kappa shape index (κ2) is 6.71. The van der Waals surface area contributed by atoms with Crippen molar-refractivity contribution in [1.29, 1.82) is 0 Å². The quantitative estimate of drug-likeness (QED) is 0.807. The summed E-state index contributed by atoms with van der Waals surface area (Å²) in [7, 11) is -3.65. The molecule has 0 radical (unpaired) electrons. The minimum atomic E-state index is -4.57. The highest BCUT2D eigenvalue weighted by Crippen LogP contribution is 2.14. The number of amides is 1. The molecule has 0 spiro atoms. The molecular formula is C11H12F3NO4S. The molecule has 1 N–H and O–H groups in total. The highest BCUT2D eigenvalue weighted by molar-refractivity contribution is 7.91. The minimum absolute atomic E-state index is 0.0454. The fourth-order valence-corrected chi connectivity index (χ4v) is 2.48. The number of benzene rings is 1. The lowest BCUT2D eigenvalue weighted by molar-refractivity contribution is -0.191. The van der Waals surface area contributed by atoms with Crippen molar-refractivity contribution >= 4 is 15.7 Å². The first-order valence-electron chi connectivity index (χ1n) is 5.46. The summed E-state index contributed by atoms with van der Waals surface area (Å²) in [5, 5.41) is 0. The van der Waals surface area contributed by atoms with Crippen LogP contribution in [0.25, 0.3) is 0 Å². The van der Waals surface area contributed by atoms with Crippen molar-refractivity contribution in [2.24, 2.45) is 0 Å². The molecule has 0 saturated heterocycles. The van der Waals surface area contributed by atoms with E-state index in [1.165, 1.54) is 29.7 Å². The molecule has 0 aliphatic carbocycles. The molecule has 9 heteroatoms. The Morgan fingerprint density at radius 2 is 1.80 bits per heavy atom. The molecule has 1 rings (SSSR count). The van der Waals surface area contributed by atoms with Crippen molar-refractivity contribution in [3.8, 4) is 0 Å². The van der Waals surface area contributed by atoms with E-state index in [0.717, 1.165) is 0 Å². The molecule has 1 aromatic carbocycles. The number of nitrogens with one attached hydrogen (secondary N) is 1. The third kappa shape index (κ3) is 6.02. The molecule has 1 amide bonds. The van der Waals surface area contributed by atoms with Gasteiger partial charge >= 0.3 is 6.18 Å². The van der Waals surface area contributed by atoms with Gasteiger partial charge in [-0.05, 0) is 12.1 Å². The molecular weight excluding hydrogens is 299 g/mol. The van der Waals surface area contributed by atoms with Crippen LogP contribution in [-0.4, -0.2) is 32.9 Å². The zero-order valence-electron chi connectivity index (χ0n) is 10.2. The highest BCUT2D eigenvalue weighted by atomic mass is 32.2. The second-order valence-corrected chi connectivity index (χ2v) is 5.92. The van der Waals surface area contributed by atoms with Crippen LogP contribution in [0.1, 0.15) is 6.42 Å². The molecule has 20 heavy (non-hydrogen) atoms. The van der Waals surface area contributed by atoms with Crippen LogP contribution in [0.5, 0.6) is 0 Å². The molecule has 0 aliphatic rings. The van der Waals surface area contributed by atoms with Crippen molar-refractivity contribution in [1.82, 2.24) is 5.48 Å². The normalized spacial score (nSPS) is 12.2. The lowest BCUT2D eigenvalue weighted by Crippen LogP contribution is -2.30. The topological polar surface area (TPSA) is 72.5 Å². The average Bonchev–Trinajstić information content (AvgIpc) is 2.36. The van der Waals surface area contributed by atoms with E-state index in [9.17, 15) is 26.4 Å². The number of carbonyl (C=O) groups excluding carboxylic acids is 1. The summed E-state index contributed by atoms with van der Waals surface area (Å²) in [6, 6.07) is 7.43. The number of hydrogen-bond donors (Lipinski definition) is 1. The van der Waals surface area contributed by atoms with Crippen molar-refractivity contribution < 1.29 is 31.2 Å². The predicted molar refractivity (Wildman–Crippen MR) is 63.3 cm³/mol. The highest BCUT2D eigenvalue weighted by Gasteiger charge is 2.28. The van der Waals surface area contributed by atoms with Crippen LogP contribution in [-0.2, 0) is 19.5 Å². The van der Waals surface area contributed by atoms with Gasteiger partial charge in [0.05, 0.1) is 10.6 Å². The van der Waals surface area contributed by atoms with Gasteiger partial charge in [0.25, 0.3) is 0 Å². The monoisotopic (exact) mass is 311 g/mol. The fraction of sp³-hybridized carbons (Fsp3) is 0.364. The van der Waals surface area contributed by atoms with Crippen LogP contribution < -0.4 is 5.48 Å². The molecule has 0 aliphatic heterocycles. The van der Waals surface area contributed by atoms with E-state index < -0.39 is 40.7 Å². The molecule has 0 bridgehead atoms. The Balaban J connectivity index is 2.41. The Bertz CT molecular complexity index is 543. The first-order valence-corrected chi connectivity index (χ1v) is 7.11. The Morgan fingerprint density at radius 3 is 2.35 bits per heavy atom. The minimum Gasteiger partial charge on any atom is -0.273 e. The summed E-state index contributed by atoms with van der Waals surface area (Å²) < 4.78 is 58.7. The Kier molecular flexibility index (Phi) is 5.52. The first kappa shape index (κ1) is 16.4. The van der Waals surface area contributed by atoms with E-state index in [4.69, 9.17) is 0 Å². The number of sulfone groups is 1. The van der Waals surface area contributed by atoms with Gasteiger partial charge in [0.1, 0.15) is 0 Å². The van der Waals surface area contributed by atoms with E-state index in [1.54, 1.807) is 6.07 Å². The number of hydroxylamine groups is 1. The van der Waals surface area contributed by atoms with Gasteiger partial charge < -0.3 is 0 Å². The summed E-state index contributed by atoms with van der Waals surface area (Å²) >= 11 is 0. The smallest absolute Gasteiger partial charge is 0.273 e. The third-order valence-corrected chi connectivity index (χ3v) is 3.85. The molecule has 1 aromatic rings. The van der Waals surface area contributed by atoms with Crippen LogP contribution in [0.3, 0.4) is 0 Å². The molecule has 0 saturated carbocycles. The third-order valence-electron chi connectivity index (χ3n) is 2.12. The number of hydrogen-bond acceptors (Lipinski definition) is 4. The van der Waals surface area contributed by atoms with Gasteiger partial charge in [-0.3, -0.25) is 9.63 Å². The van der Waals surface area contributed by atoms with Crippen molar-refractivity contribution in [3.05, 3.63) is 30.3 Å². The SMILES string of the molecule is O=C(CCS(=O)(=O)c1ccccc1)NOCC(F)(F)F. The maximum atomic E-state index is 11.8. The zero-order chi connectivity index (χ0) is 15.2. The summed E-state index contributed by atoms with van der Waals surface area (Å²) in [5.74, 6) is -1.45. The first-order chi connectivity index (χ1) is 9.21. The summed E-state index contributed by atoms with van der Waals surface area (Å²) in [5.41, 5.74) is 1.54. The standard InChI is InChI=1S/C11H12F3NO4S/c12-11(13,14)8-19-15-10(16)6-7-20(17,18)9-4-2-1-3-5-9/h1-5H,6-8H2,(H,15,16). The number of rotatable bonds is 6. The maximum absolute atomic E-state index is 11.8. The average molecular weight is 311 g/mol. The maximum Gasteiger partial charge on any atom is 0.414 e. The van der Waals surface area contributed by atoms with Gasteiger partial charge in [0.15, 0.2) is 16.4 Å². The van der Waals surface area contributed by atoms with E-state index in [1.807, 2.05) is 0 Å². The largest absolute Gasteiger partial charge is 0.414 e. The molecule has 0 unspecified atom stereocenters. The molecule has 5 nitrogen and oxygen atoms in total. The van der Waals surface area contributed by atoms with Crippen LogP contribution in [0.2, 0.25) is 0 Å². The number of alkyl halides is 3. The van der Waals surface area contributed by atoms with E-state index in [2.05, 4.69) is 4.84 Å². The van der Waals surface area contributed by atoms with Gasteiger partial charge in [-0.1, -0.05) is 18.2 Å². The summed E-state index contributed by atoms with van der Waals surface area (Å²) in [6.07, 6.45) is -5.06. The van der Waals surface area contributed by atoms with Crippen molar-refractivity contribution in [3.63, 3.8) is 0 Å². The number of halogens is 3. The van der Waals surface area contributed by atoms with E-state index in [-0.39, 0.29) is 4.90 Å². The van der Waals surface area contributed by atoms with Gasteiger partial charge in [0.2, 0.25) is 5.91 Å². The van der Waals surface area contributed by atoms with Crippen LogP contribution in [0, 0.1) is 0 Å². The molecule has 0 atom stereocenters. The van der Waals surface area contributed by atoms with E-state index in [0.29, 0.717) is 0 Å². The Morgan fingerprint density at radius 1 is 1.20 bits per heavy atom. The molecule has 112 valence electrons. The van der Waals surface area contributed by atoms with Gasteiger partial charge in [-0.15, -0.1) is 0 Å². The molecule has 0 aromatic heterocycles. The second-order valence-electron chi connectivity index (χ2n) is 3.81. The van der Waals surface area contributed by atoms with E-state index >= 15 is 0 Å². The molecule has 0 fully saturated rings. The zero-order valence-corrected chi connectivity index (χ0v) is 11.0. The van der Waals surface area contributed by atoms with Crippen LogP contribution in [0.4, 0.5) is 13.2 Å². The van der Waals surface area contributed by atoms with Crippen molar-refractivity contribution in [2.45, 2.75) is 17.5 Å². The van der Waals surface area contributed by atoms with Gasteiger partial charge in [-0.2, -0.15) is 13.2 Å². The number of carbonyl (C=O) groups is 1. The summed E-state index contributed by atoms with van der Waals surface area (Å²) in [6.45, 7) is -1.63. The van der Waals surface area contributed by atoms with Gasteiger partial charge in [0, 0.05) is 6.42 Å². The van der Waals surface area contributed by atoms with Gasteiger partial charge in [-0.25, -0.2) is 13.9 Å². The molecule has 0 heterocycles. The fourth-order valence-electron chi connectivity index (χ4n) is 1.22. The van der Waals surface area contributed by atoms with Crippen molar-refractivity contribution in [2.75, 3.05) is 12.4 Å². The lowest BCUT2D eigenvalue weighted by Gasteiger charge is -2.08. The lowest BCUT2D eigenvalue weighted by atomic mass is 10.4. The Hall–Kier alpha value is -1.61. The van der Waals surface area contributed by atoms with Crippen LogP contribution in [0.15, 0.2) is 35.2 Å².